The standard InChI is InChI=1S/C20H16ClN3O/c1-2-25-14-23-20-18(12-22)19(15-6-4-3-5-7-15)13-24(20)17-10-8-16(21)9-11-17/h3-11,13-14H,2H2,1H3. The van der Waals surface area contributed by atoms with Crippen LogP contribution in [0.15, 0.2) is 65.8 Å². The molecule has 2 aromatic carbocycles. The first-order chi connectivity index (χ1) is 12.2. The minimum Gasteiger partial charge on any atom is -0.483 e. The van der Waals surface area contributed by atoms with Crippen LogP contribution >= 0.6 is 11.6 Å². The lowest BCUT2D eigenvalue weighted by Gasteiger charge is -2.06. The summed E-state index contributed by atoms with van der Waals surface area (Å²) >= 11 is 5.99. The highest BCUT2D eigenvalue weighted by molar-refractivity contribution is 6.30. The summed E-state index contributed by atoms with van der Waals surface area (Å²) in [6, 6.07) is 19.4. The molecule has 25 heavy (non-hydrogen) atoms. The molecule has 0 radical (unpaired) electrons. The predicted octanol–water partition coefficient (Wildman–Crippen LogP) is 5.37. The highest BCUT2D eigenvalue weighted by Crippen LogP contribution is 2.35. The molecule has 1 heterocycles. The molecule has 0 saturated carbocycles. The fraction of sp³-hybridized carbons (Fsp3) is 0.100. The van der Waals surface area contributed by atoms with Crippen molar-refractivity contribution in [2.24, 2.45) is 4.99 Å². The van der Waals surface area contributed by atoms with Crippen LogP contribution in [0.25, 0.3) is 16.8 Å². The van der Waals surface area contributed by atoms with E-state index in [1.54, 1.807) is 12.1 Å². The molecule has 124 valence electrons. The molecule has 0 aliphatic carbocycles. The van der Waals surface area contributed by atoms with Gasteiger partial charge >= 0.3 is 0 Å². The summed E-state index contributed by atoms with van der Waals surface area (Å²) in [4.78, 5) is 4.37. The van der Waals surface area contributed by atoms with Crippen LogP contribution in [-0.2, 0) is 4.74 Å². The molecule has 0 bridgehead atoms. The van der Waals surface area contributed by atoms with Gasteiger partial charge in [0, 0.05) is 22.5 Å². The van der Waals surface area contributed by atoms with Crippen LogP contribution in [0, 0.1) is 11.3 Å². The molecule has 0 aliphatic rings. The highest BCUT2D eigenvalue weighted by atomic mass is 35.5. The second kappa shape index (κ2) is 7.69. The number of aliphatic imine (C=N–C) groups is 1. The van der Waals surface area contributed by atoms with E-state index in [9.17, 15) is 5.26 Å². The topological polar surface area (TPSA) is 50.3 Å². The number of benzene rings is 2. The van der Waals surface area contributed by atoms with Crippen molar-refractivity contribution in [2.45, 2.75) is 6.92 Å². The number of ether oxygens (including phenoxy) is 1. The Kier molecular flexibility index (Phi) is 5.17. The normalized spacial score (nSPS) is 10.8. The van der Waals surface area contributed by atoms with Gasteiger partial charge in [0.2, 0.25) is 0 Å². The molecule has 4 nitrogen and oxygen atoms in total. The molecule has 0 unspecified atom stereocenters. The summed E-state index contributed by atoms with van der Waals surface area (Å²) in [5, 5.41) is 10.4. The van der Waals surface area contributed by atoms with E-state index in [1.165, 1.54) is 6.40 Å². The Morgan fingerprint density at radius 1 is 1.16 bits per heavy atom. The summed E-state index contributed by atoms with van der Waals surface area (Å²) in [6.07, 6.45) is 3.28. The van der Waals surface area contributed by atoms with Crippen molar-refractivity contribution in [2.75, 3.05) is 6.61 Å². The van der Waals surface area contributed by atoms with Gasteiger partial charge in [-0.15, -0.1) is 0 Å². The fourth-order valence-corrected chi connectivity index (χ4v) is 2.66. The average Bonchev–Trinajstić information content (AvgIpc) is 3.02. The van der Waals surface area contributed by atoms with Gasteiger partial charge in [0.25, 0.3) is 0 Å². The second-order valence-corrected chi connectivity index (χ2v) is 5.69. The molecule has 0 spiro atoms. The third-order valence-electron chi connectivity index (χ3n) is 3.70. The van der Waals surface area contributed by atoms with E-state index in [0.29, 0.717) is 23.0 Å². The van der Waals surface area contributed by atoms with Gasteiger partial charge in [-0.3, -0.25) is 4.57 Å². The molecule has 1 aromatic heterocycles. The predicted molar refractivity (Wildman–Crippen MR) is 101 cm³/mol. The Morgan fingerprint density at radius 2 is 1.88 bits per heavy atom. The van der Waals surface area contributed by atoms with Gasteiger partial charge in [0.05, 0.1) is 6.61 Å². The summed E-state index contributed by atoms with van der Waals surface area (Å²) in [5.41, 5.74) is 3.14. The zero-order valence-electron chi connectivity index (χ0n) is 13.7. The highest BCUT2D eigenvalue weighted by Gasteiger charge is 2.17. The van der Waals surface area contributed by atoms with Crippen molar-refractivity contribution in [3.05, 3.63) is 71.4 Å². The van der Waals surface area contributed by atoms with E-state index in [2.05, 4.69) is 11.1 Å². The Labute approximate surface area is 151 Å². The molecule has 3 aromatic rings. The van der Waals surface area contributed by atoms with Crippen molar-refractivity contribution in [1.29, 1.82) is 5.26 Å². The summed E-state index contributed by atoms with van der Waals surface area (Å²) in [5.74, 6) is 0.525. The van der Waals surface area contributed by atoms with Crippen LogP contribution < -0.4 is 0 Å². The molecule has 0 saturated heterocycles. The lowest BCUT2D eigenvalue weighted by molar-refractivity contribution is 0.344. The smallest absolute Gasteiger partial charge is 0.176 e. The number of halogens is 1. The van der Waals surface area contributed by atoms with Crippen molar-refractivity contribution in [3.63, 3.8) is 0 Å². The first-order valence-electron chi connectivity index (χ1n) is 7.85. The van der Waals surface area contributed by atoms with E-state index in [4.69, 9.17) is 16.3 Å². The first kappa shape index (κ1) is 16.8. The Morgan fingerprint density at radius 3 is 2.52 bits per heavy atom. The molecule has 0 aliphatic heterocycles. The van der Waals surface area contributed by atoms with Crippen molar-refractivity contribution in [1.82, 2.24) is 4.57 Å². The van der Waals surface area contributed by atoms with Gasteiger partial charge in [-0.05, 0) is 36.8 Å². The first-order valence-corrected chi connectivity index (χ1v) is 8.23. The minimum atomic E-state index is 0.497. The van der Waals surface area contributed by atoms with Crippen molar-refractivity contribution >= 4 is 23.8 Å². The molecule has 0 fully saturated rings. The van der Waals surface area contributed by atoms with Crippen molar-refractivity contribution < 1.29 is 4.74 Å². The van der Waals surface area contributed by atoms with Gasteiger partial charge in [-0.25, -0.2) is 4.99 Å². The molecule has 3 rings (SSSR count). The maximum absolute atomic E-state index is 9.72. The average molecular weight is 350 g/mol. The van der Waals surface area contributed by atoms with Crippen LogP contribution in [0.4, 0.5) is 5.82 Å². The van der Waals surface area contributed by atoms with Crippen LogP contribution in [0.5, 0.6) is 0 Å². The minimum absolute atomic E-state index is 0.497. The van der Waals surface area contributed by atoms with Gasteiger partial charge in [0.15, 0.2) is 12.2 Å². The monoisotopic (exact) mass is 349 g/mol. The zero-order valence-corrected chi connectivity index (χ0v) is 14.4. The quantitative estimate of drug-likeness (QED) is 0.459. The second-order valence-electron chi connectivity index (χ2n) is 5.26. The summed E-state index contributed by atoms with van der Waals surface area (Å²) < 4.78 is 7.09. The maximum Gasteiger partial charge on any atom is 0.176 e. The number of nitriles is 1. The lowest BCUT2D eigenvalue weighted by Crippen LogP contribution is -1.93. The van der Waals surface area contributed by atoms with E-state index >= 15 is 0 Å². The number of aromatic nitrogens is 1. The van der Waals surface area contributed by atoms with Crippen LogP contribution in [0.1, 0.15) is 12.5 Å². The van der Waals surface area contributed by atoms with Gasteiger partial charge in [-0.2, -0.15) is 5.26 Å². The molecular formula is C20H16ClN3O. The number of hydrogen-bond acceptors (Lipinski definition) is 3. The third-order valence-corrected chi connectivity index (χ3v) is 3.95. The summed E-state index contributed by atoms with van der Waals surface area (Å²) in [7, 11) is 0. The van der Waals surface area contributed by atoms with Crippen LogP contribution in [-0.4, -0.2) is 17.6 Å². The van der Waals surface area contributed by atoms with Gasteiger partial charge in [0.1, 0.15) is 11.6 Å². The van der Waals surface area contributed by atoms with Crippen LogP contribution in [0.3, 0.4) is 0 Å². The molecule has 5 heteroatoms. The number of hydrogen-bond donors (Lipinski definition) is 0. The Balaban J connectivity index is 2.20. The van der Waals surface area contributed by atoms with E-state index in [-0.39, 0.29) is 0 Å². The molecule has 0 atom stereocenters. The van der Waals surface area contributed by atoms with E-state index in [1.807, 2.05) is 60.2 Å². The van der Waals surface area contributed by atoms with Gasteiger partial charge < -0.3 is 4.74 Å². The number of rotatable bonds is 5. The third kappa shape index (κ3) is 3.57. The Bertz CT molecular complexity index is 922. The van der Waals surface area contributed by atoms with E-state index < -0.39 is 0 Å². The van der Waals surface area contributed by atoms with E-state index in [0.717, 1.165) is 16.8 Å². The lowest BCUT2D eigenvalue weighted by atomic mass is 10.1. The van der Waals surface area contributed by atoms with Crippen LogP contribution in [0.2, 0.25) is 5.02 Å². The number of nitrogens with zero attached hydrogens (tertiary/aromatic N) is 3. The Hall–Kier alpha value is -3.03. The summed E-state index contributed by atoms with van der Waals surface area (Å²) in [6.45, 7) is 2.39. The SMILES string of the molecule is CCOC=Nc1c(C#N)c(-c2ccccc2)cn1-c1ccc(Cl)cc1. The maximum atomic E-state index is 9.72. The zero-order chi connectivity index (χ0) is 17.6. The van der Waals surface area contributed by atoms with Crippen molar-refractivity contribution in [3.8, 4) is 22.9 Å². The largest absolute Gasteiger partial charge is 0.483 e. The molecular weight excluding hydrogens is 334 g/mol. The molecule has 0 N–H and O–H groups in total. The van der Waals surface area contributed by atoms with Gasteiger partial charge in [-0.1, -0.05) is 41.9 Å². The molecule has 0 amide bonds. The fourth-order valence-electron chi connectivity index (χ4n) is 2.53.